The van der Waals surface area contributed by atoms with Crippen molar-refractivity contribution in [1.29, 1.82) is 0 Å². The van der Waals surface area contributed by atoms with E-state index in [0.29, 0.717) is 0 Å². The maximum atomic E-state index is 12.7. The Bertz CT molecular complexity index is 891. The highest BCUT2D eigenvalue weighted by atomic mass is 79.9. The molecule has 3 nitrogen and oxygen atoms in total. The summed E-state index contributed by atoms with van der Waals surface area (Å²) in [7, 11) is 0. The molecular formula is C17H15Br2NO2. The molecule has 0 aliphatic rings. The summed E-state index contributed by atoms with van der Waals surface area (Å²) in [5, 5.41) is 2.02. The second-order valence-electron chi connectivity index (χ2n) is 6.12. The van der Waals surface area contributed by atoms with Gasteiger partial charge in [0.05, 0.1) is 11.0 Å². The molecule has 114 valence electrons. The Morgan fingerprint density at radius 3 is 2.45 bits per heavy atom. The number of rotatable bonds is 0. The molecule has 0 aliphatic carbocycles. The first-order valence-electron chi connectivity index (χ1n) is 6.89. The summed E-state index contributed by atoms with van der Waals surface area (Å²) >= 11 is 7.07. The number of nitrogens with zero attached hydrogens (tertiary/aromatic N) is 1. The first kappa shape index (κ1) is 15.6. The van der Waals surface area contributed by atoms with E-state index in [9.17, 15) is 4.79 Å². The van der Waals surface area contributed by atoms with Crippen LogP contribution in [0.15, 0.2) is 45.3 Å². The third-order valence-electron chi connectivity index (χ3n) is 3.26. The Balaban J connectivity index is 2.38. The van der Waals surface area contributed by atoms with Crippen LogP contribution in [-0.2, 0) is 4.74 Å². The average Bonchev–Trinajstić information content (AvgIpc) is 2.72. The fourth-order valence-corrected chi connectivity index (χ4v) is 3.92. The molecule has 3 rings (SSSR count). The molecular weight excluding hydrogens is 410 g/mol. The minimum atomic E-state index is -0.545. The van der Waals surface area contributed by atoms with Crippen LogP contribution in [0.2, 0.25) is 0 Å². The van der Waals surface area contributed by atoms with Crippen molar-refractivity contribution < 1.29 is 9.53 Å². The van der Waals surface area contributed by atoms with Crippen LogP contribution >= 0.6 is 31.9 Å². The zero-order valence-electron chi connectivity index (χ0n) is 12.5. The largest absolute Gasteiger partial charge is 0.443 e. The quantitative estimate of drug-likeness (QED) is 0.436. The van der Waals surface area contributed by atoms with Crippen molar-refractivity contribution in [3.05, 3.63) is 45.3 Å². The van der Waals surface area contributed by atoms with Crippen LogP contribution in [0.3, 0.4) is 0 Å². The number of aromatic nitrogens is 1. The van der Waals surface area contributed by atoms with Crippen LogP contribution in [-0.4, -0.2) is 16.3 Å². The molecule has 0 bridgehead atoms. The van der Waals surface area contributed by atoms with Crippen LogP contribution in [0.1, 0.15) is 20.8 Å². The van der Waals surface area contributed by atoms with Gasteiger partial charge in [0, 0.05) is 19.7 Å². The maximum Gasteiger partial charge on any atom is 0.419 e. The Morgan fingerprint density at radius 1 is 1.09 bits per heavy atom. The molecule has 1 heterocycles. The van der Waals surface area contributed by atoms with Crippen LogP contribution < -0.4 is 0 Å². The van der Waals surface area contributed by atoms with Gasteiger partial charge < -0.3 is 4.74 Å². The zero-order chi connectivity index (χ0) is 16.1. The van der Waals surface area contributed by atoms with Gasteiger partial charge in [0.1, 0.15) is 5.60 Å². The molecule has 0 spiro atoms. The van der Waals surface area contributed by atoms with Gasteiger partial charge in [0.2, 0.25) is 0 Å². The molecule has 2 aromatic carbocycles. The molecule has 22 heavy (non-hydrogen) atoms. The van der Waals surface area contributed by atoms with E-state index in [1.165, 1.54) is 0 Å². The highest BCUT2D eigenvalue weighted by molar-refractivity contribution is 9.11. The van der Waals surface area contributed by atoms with Crippen LogP contribution in [0.5, 0.6) is 0 Å². The van der Waals surface area contributed by atoms with Crippen molar-refractivity contribution in [2.45, 2.75) is 26.4 Å². The topological polar surface area (TPSA) is 31.2 Å². The van der Waals surface area contributed by atoms with Gasteiger partial charge in [-0.05, 0) is 54.9 Å². The lowest BCUT2D eigenvalue weighted by molar-refractivity contribution is 0.0551. The molecule has 0 saturated heterocycles. The van der Waals surface area contributed by atoms with E-state index in [2.05, 4.69) is 31.9 Å². The summed E-state index contributed by atoms with van der Waals surface area (Å²) in [5.74, 6) is 0. The predicted octanol–water partition coefficient (Wildman–Crippen LogP) is 6.10. The van der Waals surface area contributed by atoms with E-state index in [4.69, 9.17) is 4.74 Å². The molecule has 0 fully saturated rings. The molecule has 3 aromatic rings. The fourth-order valence-electron chi connectivity index (χ4n) is 2.51. The summed E-state index contributed by atoms with van der Waals surface area (Å²) < 4.78 is 9.01. The van der Waals surface area contributed by atoms with Crippen LogP contribution in [0.4, 0.5) is 4.79 Å². The Morgan fingerprint density at radius 2 is 1.77 bits per heavy atom. The van der Waals surface area contributed by atoms with E-state index < -0.39 is 5.60 Å². The van der Waals surface area contributed by atoms with Crippen molar-refractivity contribution in [3.63, 3.8) is 0 Å². The monoisotopic (exact) mass is 423 g/mol. The number of hydrogen-bond acceptors (Lipinski definition) is 2. The lowest BCUT2D eigenvalue weighted by atomic mass is 10.2. The van der Waals surface area contributed by atoms with E-state index in [0.717, 1.165) is 30.8 Å². The standard InChI is InChI=1S/C17H15Br2NO2/c1-17(2,3)22-16(21)20-14-7-5-4-6-11(14)12-8-10(18)9-13(19)15(12)20/h4-9H,1-3H3. The highest BCUT2D eigenvalue weighted by Gasteiger charge is 2.23. The van der Waals surface area contributed by atoms with Gasteiger partial charge in [0.25, 0.3) is 0 Å². The second kappa shape index (κ2) is 5.39. The third kappa shape index (κ3) is 2.68. The summed E-state index contributed by atoms with van der Waals surface area (Å²) in [4.78, 5) is 12.7. The Hall–Kier alpha value is -1.33. The minimum absolute atomic E-state index is 0.373. The fraction of sp³-hybridized carbons (Fsp3) is 0.235. The van der Waals surface area contributed by atoms with E-state index in [1.807, 2.05) is 57.2 Å². The van der Waals surface area contributed by atoms with E-state index >= 15 is 0 Å². The van der Waals surface area contributed by atoms with Gasteiger partial charge in [-0.15, -0.1) is 0 Å². The molecule has 1 aromatic heterocycles. The first-order valence-corrected chi connectivity index (χ1v) is 8.48. The van der Waals surface area contributed by atoms with Gasteiger partial charge in [-0.25, -0.2) is 9.36 Å². The van der Waals surface area contributed by atoms with Crippen LogP contribution in [0.25, 0.3) is 21.8 Å². The van der Waals surface area contributed by atoms with Crippen molar-refractivity contribution in [2.24, 2.45) is 0 Å². The maximum absolute atomic E-state index is 12.7. The number of halogens is 2. The van der Waals surface area contributed by atoms with Gasteiger partial charge in [-0.1, -0.05) is 34.1 Å². The van der Waals surface area contributed by atoms with Crippen molar-refractivity contribution in [1.82, 2.24) is 4.57 Å². The smallest absolute Gasteiger partial charge is 0.419 e. The van der Waals surface area contributed by atoms with Gasteiger partial charge in [-0.2, -0.15) is 0 Å². The van der Waals surface area contributed by atoms with Crippen LogP contribution in [0, 0.1) is 0 Å². The number of para-hydroxylation sites is 1. The number of hydrogen-bond donors (Lipinski definition) is 0. The summed E-state index contributed by atoms with van der Waals surface area (Å²) in [6.07, 6.45) is -0.373. The second-order valence-corrected chi connectivity index (χ2v) is 7.89. The predicted molar refractivity (Wildman–Crippen MR) is 96.5 cm³/mol. The third-order valence-corrected chi connectivity index (χ3v) is 4.33. The average molecular weight is 425 g/mol. The van der Waals surface area contributed by atoms with Crippen molar-refractivity contribution >= 4 is 59.8 Å². The Labute approximate surface area is 145 Å². The molecule has 0 amide bonds. The molecule has 5 heteroatoms. The van der Waals surface area contributed by atoms with Crippen molar-refractivity contribution in [2.75, 3.05) is 0 Å². The highest BCUT2D eigenvalue weighted by Crippen LogP contribution is 2.36. The van der Waals surface area contributed by atoms with Gasteiger partial charge >= 0.3 is 6.09 Å². The van der Waals surface area contributed by atoms with Gasteiger partial charge in [-0.3, -0.25) is 0 Å². The van der Waals surface area contributed by atoms with Crippen molar-refractivity contribution in [3.8, 4) is 0 Å². The van der Waals surface area contributed by atoms with E-state index in [-0.39, 0.29) is 6.09 Å². The number of carbonyl (C=O) groups is 1. The number of benzene rings is 2. The van der Waals surface area contributed by atoms with Gasteiger partial charge in [0.15, 0.2) is 0 Å². The number of carbonyl (C=O) groups excluding carboxylic acids is 1. The summed E-state index contributed by atoms with van der Waals surface area (Å²) in [6, 6.07) is 11.8. The SMILES string of the molecule is CC(C)(C)OC(=O)n1c2ccccc2c2cc(Br)cc(Br)c21. The zero-order valence-corrected chi connectivity index (χ0v) is 15.7. The normalized spacial score (nSPS) is 12.0. The summed E-state index contributed by atoms with van der Waals surface area (Å²) in [5.41, 5.74) is 1.11. The minimum Gasteiger partial charge on any atom is -0.443 e. The molecule has 0 N–H and O–H groups in total. The molecule has 0 unspecified atom stereocenters. The van der Waals surface area contributed by atoms with E-state index in [1.54, 1.807) is 4.57 Å². The number of fused-ring (bicyclic) bond motifs is 3. The lowest BCUT2D eigenvalue weighted by Gasteiger charge is -2.20. The molecule has 0 saturated carbocycles. The molecule has 0 atom stereocenters. The molecule has 0 radical (unpaired) electrons. The Kier molecular flexibility index (Phi) is 3.81. The first-order chi connectivity index (χ1) is 10.3. The number of ether oxygens (including phenoxy) is 1. The lowest BCUT2D eigenvalue weighted by Crippen LogP contribution is -2.27. The molecule has 0 aliphatic heterocycles. The summed E-state index contributed by atoms with van der Waals surface area (Å²) in [6.45, 7) is 5.60.